The summed E-state index contributed by atoms with van der Waals surface area (Å²) in [4.78, 5) is 15.4. The summed E-state index contributed by atoms with van der Waals surface area (Å²) < 4.78 is 0. The van der Waals surface area contributed by atoms with E-state index in [-0.39, 0.29) is 0 Å². The predicted octanol–water partition coefficient (Wildman–Crippen LogP) is 10.00. The average molecular weight is 536 g/mol. The molecular weight excluding hydrogens is 510 g/mol. The monoisotopic (exact) mass is 535 g/mol. The fourth-order valence-electron chi connectivity index (χ4n) is 5.87. The summed E-state index contributed by atoms with van der Waals surface area (Å²) in [5.74, 6) is 1.97. The third-order valence-corrected chi connectivity index (χ3v) is 7.87. The molecule has 0 saturated heterocycles. The third kappa shape index (κ3) is 4.20. The van der Waals surface area contributed by atoms with Crippen LogP contribution in [-0.4, -0.2) is 15.0 Å². The van der Waals surface area contributed by atoms with Crippen LogP contribution in [0.5, 0.6) is 0 Å². The molecule has 1 heterocycles. The average Bonchev–Trinajstić information content (AvgIpc) is 3.08. The molecule has 0 atom stereocenters. The van der Waals surface area contributed by atoms with E-state index in [0.717, 1.165) is 49.4 Å². The lowest BCUT2D eigenvalue weighted by molar-refractivity contribution is 1.08. The summed E-state index contributed by atoms with van der Waals surface area (Å²) in [6.07, 6.45) is 0. The maximum absolute atomic E-state index is 5.22. The largest absolute Gasteiger partial charge is 0.208 e. The van der Waals surface area contributed by atoms with E-state index in [9.17, 15) is 0 Å². The van der Waals surface area contributed by atoms with Gasteiger partial charge in [0.05, 0.1) is 0 Å². The molecule has 0 amide bonds. The molecule has 0 aliphatic heterocycles. The van der Waals surface area contributed by atoms with Crippen LogP contribution in [0.15, 0.2) is 152 Å². The zero-order valence-corrected chi connectivity index (χ0v) is 22.8. The number of rotatable bonds is 4. The Bertz CT molecular complexity index is 2240. The summed E-state index contributed by atoms with van der Waals surface area (Å²) in [5.41, 5.74) is 5.21. The van der Waals surface area contributed by atoms with E-state index < -0.39 is 0 Å². The highest BCUT2D eigenvalue weighted by atomic mass is 15.0. The molecule has 8 rings (SSSR count). The van der Waals surface area contributed by atoms with Crippen molar-refractivity contribution in [2.75, 3.05) is 0 Å². The number of hydrogen-bond donors (Lipinski definition) is 0. The first-order valence-corrected chi connectivity index (χ1v) is 14.1. The second kappa shape index (κ2) is 10.1. The van der Waals surface area contributed by atoms with E-state index >= 15 is 0 Å². The van der Waals surface area contributed by atoms with Gasteiger partial charge in [-0.2, -0.15) is 0 Å². The highest BCUT2D eigenvalue weighted by molar-refractivity contribution is 6.21. The van der Waals surface area contributed by atoms with E-state index in [1.165, 1.54) is 10.8 Å². The summed E-state index contributed by atoms with van der Waals surface area (Å²) in [6, 6.07) is 52.8. The van der Waals surface area contributed by atoms with Crippen molar-refractivity contribution in [1.29, 1.82) is 0 Å². The van der Waals surface area contributed by atoms with Crippen LogP contribution in [0.4, 0.5) is 0 Å². The van der Waals surface area contributed by atoms with Crippen LogP contribution in [0.2, 0.25) is 0 Å². The van der Waals surface area contributed by atoms with Crippen molar-refractivity contribution < 1.29 is 0 Å². The normalized spacial score (nSPS) is 11.3. The quantitative estimate of drug-likeness (QED) is 0.166. The number of benzene rings is 7. The Balaban J connectivity index is 1.46. The van der Waals surface area contributed by atoms with Crippen LogP contribution in [-0.2, 0) is 0 Å². The minimum Gasteiger partial charge on any atom is -0.208 e. The van der Waals surface area contributed by atoms with Crippen molar-refractivity contribution >= 4 is 32.3 Å². The molecule has 7 aromatic carbocycles. The fourth-order valence-corrected chi connectivity index (χ4v) is 5.87. The molecule has 0 fully saturated rings. The Morgan fingerprint density at radius 3 is 1.64 bits per heavy atom. The van der Waals surface area contributed by atoms with Gasteiger partial charge >= 0.3 is 0 Å². The van der Waals surface area contributed by atoms with Crippen molar-refractivity contribution in [2.45, 2.75) is 0 Å². The predicted molar refractivity (Wildman–Crippen MR) is 174 cm³/mol. The molecule has 0 radical (unpaired) electrons. The van der Waals surface area contributed by atoms with Gasteiger partial charge in [0.1, 0.15) is 0 Å². The highest BCUT2D eigenvalue weighted by Crippen LogP contribution is 2.40. The van der Waals surface area contributed by atoms with E-state index in [4.69, 9.17) is 15.0 Å². The molecular formula is C39H25N3. The second-order valence-electron chi connectivity index (χ2n) is 10.5. The molecule has 0 bridgehead atoms. The van der Waals surface area contributed by atoms with Crippen molar-refractivity contribution in [3.05, 3.63) is 152 Å². The summed E-state index contributed by atoms with van der Waals surface area (Å²) in [7, 11) is 0. The van der Waals surface area contributed by atoms with Gasteiger partial charge in [-0.25, -0.2) is 15.0 Å². The lowest BCUT2D eigenvalue weighted by Gasteiger charge is -2.15. The van der Waals surface area contributed by atoms with E-state index in [2.05, 4.69) is 127 Å². The third-order valence-electron chi connectivity index (χ3n) is 7.87. The maximum Gasteiger partial charge on any atom is 0.165 e. The van der Waals surface area contributed by atoms with Gasteiger partial charge in [0.25, 0.3) is 0 Å². The van der Waals surface area contributed by atoms with Gasteiger partial charge in [0, 0.05) is 22.1 Å². The Hall–Kier alpha value is -5.67. The lowest BCUT2D eigenvalue weighted by Crippen LogP contribution is -2.01. The molecule has 42 heavy (non-hydrogen) atoms. The molecule has 3 heteroatoms. The standard InChI is InChI=1S/C39H25N3/c1-3-12-26(13-4-1)29-18-11-19-32(24-29)38-40-37(28-15-5-2-6-16-28)41-39(42-38)36-34-21-10-8-17-30(34)25-31-23-22-27-14-7-9-20-33(27)35(31)36/h1-25H. The number of hydrogen-bond acceptors (Lipinski definition) is 3. The maximum atomic E-state index is 5.22. The summed E-state index contributed by atoms with van der Waals surface area (Å²) in [6.45, 7) is 0. The Labute approximate surface area is 243 Å². The highest BCUT2D eigenvalue weighted by Gasteiger charge is 2.18. The molecule has 8 aromatic rings. The number of nitrogens with zero attached hydrogens (tertiary/aromatic N) is 3. The van der Waals surface area contributed by atoms with E-state index in [1.807, 2.05) is 24.3 Å². The van der Waals surface area contributed by atoms with Crippen LogP contribution >= 0.6 is 0 Å². The minimum atomic E-state index is 0.651. The molecule has 0 N–H and O–H groups in total. The Morgan fingerprint density at radius 1 is 0.310 bits per heavy atom. The summed E-state index contributed by atoms with van der Waals surface area (Å²) in [5, 5.41) is 6.97. The molecule has 0 spiro atoms. The molecule has 0 aliphatic carbocycles. The molecule has 0 saturated carbocycles. The van der Waals surface area contributed by atoms with Crippen molar-refractivity contribution in [2.24, 2.45) is 0 Å². The van der Waals surface area contributed by atoms with Gasteiger partial charge in [-0.15, -0.1) is 0 Å². The van der Waals surface area contributed by atoms with Gasteiger partial charge in [0.15, 0.2) is 17.5 Å². The van der Waals surface area contributed by atoms with Crippen LogP contribution in [0.1, 0.15) is 0 Å². The first-order valence-electron chi connectivity index (χ1n) is 14.1. The van der Waals surface area contributed by atoms with E-state index in [0.29, 0.717) is 17.5 Å². The van der Waals surface area contributed by atoms with Crippen LogP contribution < -0.4 is 0 Å². The van der Waals surface area contributed by atoms with Crippen molar-refractivity contribution in [3.63, 3.8) is 0 Å². The first kappa shape index (κ1) is 24.2. The van der Waals surface area contributed by atoms with Gasteiger partial charge in [-0.05, 0) is 50.2 Å². The minimum absolute atomic E-state index is 0.651. The number of fused-ring (bicyclic) bond motifs is 4. The smallest absolute Gasteiger partial charge is 0.165 e. The van der Waals surface area contributed by atoms with Gasteiger partial charge in [-0.3, -0.25) is 0 Å². The Morgan fingerprint density at radius 2 is 0.857 bits per heavy atom. The summed E-state index contributed by atoms with van der Waals surface area (Å²) >= 11 is 0. The SMILES string of the molecule is c1ccc(-c2cccc(-c3nc(-c4ccccc4)nc(-c4c5ccccc5cc5ccc6ccccc6c45)n3)c2)cc1. The zero-order valence-electron chi connectivity index (χ0n) is 22.8. The van der Waals surface area contributed by atoms with Crippen LogP contribution in [0.25, 0.3) is 77.6 Å². The van der Waals surface area contributed by atoms with Crippen molar-refractivity contribution in [3.8, 4) is 45.3 Å². The van der Waals surface area contributed by atoms with E-state index in [1.54, 1.807) is 0 Å². The fraction of sp³-hybridized carbons (Fsp3) is 0. The molecule has 1 aromatic heterocycles. The zero-order chi connectivity index (χ0) is 27.9. The molecule has 196 valence electrons. The van der Waals surface area contributed by atoms with Crippen LogP contribution in [0.3, 0.4) is 0 Å². The van der Waals surface area contributed by atoms with Gasteiger partial charge < -0.3 is 0 Å². The van der Waals surface area contributed by atoms with Crippen molar-refractivity contribution in [1.82, 2.24) is 15.0 Å². The Kier molecular flexibility index (Phi) is 5.79. The van der Waals surface area contributed by atoms with Gasteiger partial charge in [-0.1, -0.05) is 140 Å². The topological polar surface area (TPSA) is 38.7 Å². The van der Waals surface area contributed by atoms with Gasteiger partial charge in [0.2, 0.25) is 0 Å². The van der Waals surface area contributed by atoms with Crippen LogP contribution in [0, 0.1) is 0 Å². The molecule has 3 nitrogen and oxygen atoms in total. The molecule has 0 aliphatic rings. The molecule has 0 unspecified atom stereocenters. The first-order chi connectivity index (χ1) is 20.8. The second-order valence-corrected chi connectivity index (χ2v) is 10.5. The lowest BCUT2D eigenvalue weighted by atomic mass is 9.92. The number of aromatic nitrogens is 3.